The van der Waals surface area contributed by atoms with Crippen molar-refractivity contribution in [3.05, 3.63) is 41.7 Å². The molecule has 6 heteroatoms. The van der Waals surface area contributed by atoms with Crippen molar-refractivity contribution in [3.63, 3.8) is 0 Å². The number of hydrogen-bond donors (Lipinski definition) is 1. The second-order valence-electron chi connectivity index (χ2n) is 4.75. The molecule has 1 aromatic heterocycles. The number of hydrogen-bond acceptors (Lipinski definition) is 4. The SMILES string of the molecule is Cc1c(CCC(=O)O)nnn1CCCOc1ccccc1. The lowest BCUT2D eigenvalue weighted by Crippen LogP contribution is -2.07. The Kier molecular flexibility index (Phi) is 5.31. The number of nitrogens with zero attached hydrogens (tertiary/aromatic N) is 3. The fraction of sp³-hybridized carbons (Fsp3) is 0.400. The van der Waals surface area contributed by atoms with E-state index in [1.54, 1.807) is 4.68 Å². The highest BCUT2D eigenvalue weighted by Crippen LogP contribution is 2.10. The first-order valence-electron chi connectivity index (χ1n) is 6.95. The van der Waals surface area contributed by atoms with Crippen LogP contribution in [0.3, 0.4) is 0 Å². The Morgan fingerprint density at radius 2 is 2.10 bits per heavy atom. The highest BCUT2D eigenvalue weighted by atomic mass is 16.5. The molecule has 0 bridgehead atoms. The Labute approximate surface area is 123 Å². The van der Waals surface area contributed by atoms with Crippen LogP contribution in [0.1, 0.15) is 24.2 Å². The lowest BCUT2D eigenvalue weighted by atomic mass is 10.2. The Balaban J connectivity index is 1.77. The molecular formula is C15H19N3O3. The summed E-state index contributed by atoms with van der Waals surface area (Å²) in [6.45, 7) is 3.22. The summed E-state index contributed by atoms with van der Waals surface area (Å²) in [5.41, 5.74) is 1.68. The monoisotopic (exact) mass is 289 g/mol. The maximum Gasteiger partial charge on any atom is 0.303 e. The van der Waals surface area contributed by atoms with Crippen LogP contribution in [-0.4, -0.2) is 32.7 Å². The average Bonchev–Trinajstić information content (AvgIpc) is 2.83. The van der Waals surface area contributed by atoms with Gasteiger partial charge in [0.05, 0.1) is 24.4 Å². The zero-order valence-corrected chi connectivity index (χ0v) is 12.0. The van der Waals surface area contributed by atoms with Gasteiger partial charge in [0.2, 0.25) is 0 Å². The first-order chi connectivity index (χ1) is 10.2. The Hall–Kier alpha value is -2.37. The third kappa shape index (κ3) is 4.59. The minimum absolute atomic E-state index is 0.0800. The summed E-state index contributed by atoms with van der Waals surface area (Å²) < 4.78 is 7.41. The summed E-state index contributed by atoms with van der Waals surface area (Å²) in [4.78, 5) is 10.6. The van der Waals surface area contributed by atoms with Crippen LogP contribution in [0.25, 0.3) is 0 Å². The lowest BCUT2D eigenvalue weighted by molar-refractivity contribution is -0.136. The van der Waals surface area contributed by atoms with Crippen LogP contribution in [-0.2, 0) is 17.8 Å². The molecule has 0 aliphatic heterocycles. The van der Waals surface area contributed by atoms with Gasteiger partial charge in [0.15, 0.2) is 0 Å². The summed E-state index contributed by atoms with van der Waals surface area (Å²) in [5.74, 6) is 0.0372. The Morgan fingerprint density at radius 3 is 2.81 bits per heavy atom. The van der Waals surface area contributed by atoms with Gasteiger partial charge in [-0.3, -0.25) is 4.79 Å². The molecule has 6 nitrogen and oxygen atoms in total. The van der Waals surface area contributed by atoms with E-state index in [0.717, 1.165) is 23.6 Å². The minimum atomic E-state index is -0.819. The van der Waals surface area contributed by atoms with Gasteiger partial charge in [-0.05, 0) is 19.1 Å². The molecule has 0 saturated heterocycles. The van der Waals surface area contributed by atoms with Crippen molar-refractivity contribution in [2.45, 2.75) is 32.7 Å². The highest BCUT2D eigenvalue weighted by Gasteiger charge is 2.09. The van der Waals surface area contributed by atoms with Gasteiger partial charge in [-0.15, -0.1) is 5.10 Å². The summed E-state index contributed by atoms with van der Waals surface area (Å²) in [6.07, 6.45) is 1.32. The normalized spacial score (nSPS) is 10.5. The fourth-order valence-electron chi connectivity index (χ4n) is 1.99. The van der Waals surface area contributed by atoms with E-state index >= 15 is 0 Å². The molecule has 1 N–H and O–H groups in total. The molecule has 0 aliphatic carbocycles. The Morgan fingerprint density at radius 1 is 1.33 bits per heavy atom. The number of para-hydroxylation sites is 1. The zero-order chi connectivity index (χ0) is 15.1. The quantitative estimate of drug-likeness (QED) is 0.753. The summed E-state index contributed by atoms with van der Waals surface area (Å²) in [7, 11) is 0. The molecule has 2 rings (SSSR count). The van der Waals surface area contributed by atoms with E-state index in [4.69, 9.17) is 9.84 Å². The average molecular weight is 289 g/mol. The van der Waals surface area contributed by atoms with Gasteiger partial charge in [0.25, 0.3) is 0 Å². The second-order valence-corrected chi connectivity index (χ2v) is 4.75. The van der Waals surface area contributed by atoms with Crippen LogP contribution in [0.2, 0.25) is 0 Å². The van der Waals surface area contributed by atoms with Gasteiger partial charge in [-0.1, -0.05) is 23.4 Å². The summed E-state index contributed by atoms with van der Waals surface area (Å²) in [5, 5.41) is 16.8. The van der Waals surface area contributed by atoms with Crippen molar-refractivity contribution in [1.29, 1.82) is 0 Å². The van der Waals surface area contributed by atoms with Crippen LogP contribution in [0.5, 0.6) is 5.75 Å². The molecule has 112 valence electrons. The topological polar surface area (TPSA) is 77.2 Å². The molecule has 0 atom stereocenters. The van der Waals surface area contributed by atoms with E-state index in [-0.39, 0.29) is 6.42 Å². The van der Waals surface area contributed by atoms with E-state index in [1.165, 1.54) is 0 Å². The van der Waals surface area contributed by atoms with Gasteiger partial charge in [-0.2, -0.15) is 0 Å². The third-order valence-electron chi connectivity index (χ3n) is 3.18. The maximum absolute atomic E-state index is 10.6. The number of ether oxygens (including phenoxy) is 1. The number of benzene rings is 1. The van der Waals surface area contributed by atoms with Crippen LogP contribution in [0.4, 0.5) is 0 Å². The van der Waals surface area contributed by atoms with Crippen LogP contribution >= 0.6 is 0 Å². The molecule has 0 radical (unpaired) electrons. The first kappa shape index (κ1) is 15.0. The summed E-state index contributed by atoms with van der Waals surface area (Å²) >= 11 is 0. The predicted octanol–water partition coefficient (Wildman–Crippen LogP) is 2.07. The number of aliphatic carboxylic acids is 1. The molecule has 0 spiro atoms. The molecular weight excluding hydrogens is 270 g/mol. The fourth-order valence-corrected chi connectivity index (χ4v) is 1.99. The molecule has 2 aromatic rings. The van der Waals surface area contributed by atoms with Crippen molar-refractivity contribution < 1.29 is 14.6 Å². The summed E-state index contributed by atoms with van der Waals surface area (Å²) in [6, 6.07) is 9.66. The maximum atomic E-state index is 10.6. The molecule has 1 aromatic carbocycles. The molecule has 0 saturated carbocycles. The van der Waals surface area contributed by atoms with Gasteiger partial charge in [-0.25, -0.2) is 4.68 Å². The van der Waals surface area contributed by atoms with Crippen molar-refractivity contribution in [2.75, 3.05) is 6.61 Å². The largest absolute Gasteiger partial charge is 0.494 e. The van der Waals surface area contributed by atoms with Crippen molar-refractivity contribution in [2.24, 2.45) is 0 Å². The van der Waals surface area contributed by atoms with Gasteiger partial charge in [0, 0.05) is 19.4 Å². The molecule has 0 amide bonds. The van der Waals surface area contributed by atoms with E-state index in [0.29, 0.717) is 19.6 Å². The van der Waals surface area contributed by atoms with Crippen LogP contribution in [0, 0.1) is 6.92 Å². The highest BCUT2D eigenvalue weighted by molar-refractivity contribution is 5.67. The predicted molar refractivity (Wildman–Crippen MR) is 77.3 cm³/mol. The minimum Gasteiger partial charge on any atom is -0.494 e. The smallest absolute Gasteiger partial charge is 0.303 e. The molecule has 0 aliphatic rings. The van der Waals surface area contributed by atoms with E-state index in [2.05, 4.69) is 10.3 Å². The molecule has 21 heavy (non-hydrogen) atoms. The van der Waals surface area contributed by atoms with Gasteiger partial charge in [0.1, 0.15) is 5.75 Å². The number of carbonyl (C=O) groups is 1. The van der Waals surface area contributed by atoms with Crippen molar-refractivity contribution in [1.82, 2.24) is 15.0 Å². The number of carboxylic acid groups (broad SMARTS) is 1. The number of rotatable bonds is 8. The number of carboxylic acids is 1. The first-order valence-corrected chi connectivity index (χ1v) is 6.95. The van der Waals surface area contributed by atoms with Gasteiger partial charge >= 0.3 is 5.97 Å². The van der Waals surface area contributed by atoms with E-state index in [1.807, 2.05) is 37.3 Å². The van der Waals surface area contributed by atoms with E-state index < -0.39 is 5.97 Å². The second kappa shape index (κ2) is 7.42. The molecule has 0 unspecified atom stereocenters. The lowest BCUT2D eigenvalue weighted by Gasteiger charge is -2.06. The van der Waals surface area contributed by atoms with Gasteiger partial charge < -0.3 is 9.84 Å². The van der Waals surface area contributed by atoms with Crippen LogP contribution in [0.15, 0.2) is 30.3 Å². The molecule has 0 fully saturated rings. The van der Waals surface area contributed by atoms with Crippen molar-refractivity contribution >= 4 is 5.97 Å². The molecule has 1 heterocycles. The van der Waals surface area contributed by atoms with Crippen molar-refractivity contribution in [3.8, 4) is 5.75 Å². The number of aromatic nitrogens is 3. The zero-order valence-electron chi connectivity index (χ0n) is 12.0. The Bertz CT molecular complexity index is 581. The van der Waals surface area contributed by atoms with E-state index in [9.17, 15) is 4.79 Å². The number of aryl methyl sites for hydroxylation is 2. The standard InChI is InChI=1S/C15H19N3O3/c1-12-14(8-9-15(19)20)16-17-18(12)10-5-11-21-13-6-3-2-4-7-13/h2-4,6-7H,5,8-11H2,1H3,(H,19,20). The third-order valence-corrected chi connectivity index (χ3v) is 3.18. The van der Waals surface area contributed by atoms with Crippen LogP contribution < -0.4 is 4.74 Å².